The summed E-state index contributed by atoms with van der Waals surface area (Å²) in [6, 6.07) is 0.845. The summed E-state index contributed by atoms with van der Waals surface area (Å²) in [6.07, 6.45) is 0. The highest BCUT2D eigenvalue weighted by Crippen LogP contribution is 2.18. The third-order valence-corrected chi connectivity index (χ3v) is 5.15. The van der Waals surface area contributed by atoms with E-state index in [0.29, 0.717) is 5.92 Å². The lowest BCUT2D eigenvalue weighted by Gasteiger charge is -2.26. The molecular formula is C8H21NO3Si. The van der Waals surface area contributed by atoms with E-state index in [1.807, 2.05) is 7.05 Å². The summed E-state index contributed by atoms with van der Waals surface area (Å²) in [5.41, 5.74) is 0. The van der Waals surface area contributed by atoms with Gasteiger partial charge in [-0.15, -0.1) is 0 Å². The fraction of sp³-hybridized carbons (Fsp3) is 1.00. The van der Waals surface area contributed by atoms with E-state index in [1.54, 1.807) is 21.3 Å². The van der Waals surface area contributed by atoms with Gasteiger partial charge >= 0.3 is 8.80 Å². The molecule has 0 aliphatic carbocycles. The van der Waals surface area contributed by atoms with E-state index < -0.39 is 8.80 Å². The molecule has 0 aromatic carbocycles. The summed E-state index contributed by atoms with van der Waals surface area (Å²) in [5, 5.41) is 3.12. The van der Waals surface area contributed by atoms with Crippen LogP contribution < -0.4 is 5.32 Å². The van der Waals surface area contributed by atoms with E-state index in [1.165, 1.54) is 0 Å². The van der Waals surface area contributed by atoms with Gasteiger partial charge in [0.15, 0.2) is 0 Å². The molecule has 0 amide bonds. The fourth-order valence-corrected chi connectivity index (χ4v) is 3.35. The van der Waals surface area contributed by atoms with E-state index in [0.717, 1.165) is 12.6 Å². The van der Waals surface area contributed by atoms with Gasteiger partial charge in [-0.3, -0.25) is 0 Å². The highest BCUT2D eigenvalue weighted by molar-refractivity contribution is 6.60. The van der Waals surface area contributed by atoms with E-state index in [9.17, 15) is 0 Å². The maximum atomic E-state index is 5.32. The Kier molecular flexibility index (Phi) is 6.53. The predicted octanol–water partition coefficient (Wildman–Crippen LogP) is 0.720. The Labute approximate surface area is 81.9 Å². The third-order valence-electron chi connectivity index (χ3n) is 2.08. The van der Waals surface area contributed by atoms with Gasteiger partial charge in [-0.1, -0.05) is 6.92 Å². The molecule has 13 heavy (non-hydrogen) atoms. The average Bonchev–Trinajstić information content (AvgIpc) is 2.15. The summed E-state index contributed by atoms with van der Waals surface area (Å²) in [4.78, 5) is 0. The molecule has 0 aliphatic heterocycles. The van der Waals surface area contributed by atoms with Gasteiger partial charge in [-0.25, -0.2) is 0 Å². The van der Waals surface area contributed by atoms with Crippen molar-refractivity contribution < 1.29 is 13.3 Å². The number of hydrogen-bond acceptors (Lipinski definition) is 4. The lowest BCUT2D eigenvalue weighted by atomic mass is 10.2. The number of rotatable bonds is 7. The van der Waals surface area contributed by atoms with Crippen LogP contribution in [0, 0.1) is 5.92 Å². The smallest absolute Gasteiger partial charge is 0.377 e. The molecule has 0 aliphatic rings. The van der Waals surface area contributed by atoms with Crippen LogP contribution in [-0.4, -0.2) is 43.7 Å². The molecule has 1 unspecified atom stereocenters. The zero-order chi connectivity index (χ0) is 10.3. The number of hydrogen-bond donors (Lipinski definition) is 1. The van der Waals surface area contributed by atoms with Crippen LogP contribution in [-0.2, 0) is 13.3 Å². The molecule has 80 valence electrons. The van der Waals surface area contributed by atoms with Crippen LogP contribution in [0.2, 0.25) is 6.04 Å². The maximum Gasteiger partial charge on any atom is 0.500 e. The molecule has 0 saturated carbocycles. The van der Waals surface area contributed by atoms with Crippen LogP contribution >= 0.6 is 0 Å². The van der Waals surface area contributed by atoms with E-state index in [-0.39, 0.29) is 0 Å². The van der Waals surface area contributed by atoms with Crippen molar-refractivity contribution in [3.63, 3.8) is 0 Å². The molecule has 5 heteroatoms. The second-order valence-electron chi connectivity index (χ2n) is 3.16. The van der Waals surface area contributed by atoms with Gasteiger partial charge in [-0.05, 0) is 19.5 Å². The van der Waals surface area contributed by atoms with Crippen molar-refractivity contribution >= 4 is 8.80 Å². The zero-order valence-electron chi connectivity index (χ0n) is 9.22. The molecular weight excluding hydrogens is 186 g/mol. The molecule has 0 spiro atoms. The highest BCUT2D eigenvalue weighted by Gasteiger charge is 2.39. The van der Waals surface area contributed by atoms with Crippen LogP contribution in [0.3, 0.4) is 0 Å². The molecule has 1 N–H and O–H groups in total. The van der Waals surface area contributed by atoms with Crippen molar-refractivity contribution in [2.75, 3.05) is 34.9 Å². The maximum absolute atomic E-state index is 5.32. The minimum atomic E-state index is -2.36. The predicted molar refractivity (Wildman–Crippen MR) is 54.7 cm³/mol. The first-order valence-electron chi connectivity index (χ1n) is 4.44. The highest BCUT2D eigenvalue weighted by atomic mass is 28.4. The first-order valence-corrected chi connectivity index (χ1v) is 6.37. The zero-order valence-corrected chi connectivity index (χ0v) is 10.2. The number of nitrogens with one attached hydrogen (secondary N) is 1. The molecule has 0 heterocycles. The molecule has 0 saturated heterocycles. The first-order chi connectivity index (χ1) is 6.14. The standard InChI is InChI=1S/C8H21NO3Si/c1-8(6-9-2)7-13(10-3,11-4)12-5/h8-9H,6-7H2,1-5H3. The summed E-state index contributed by atoms with van der Waals surface area (Å²) in [5.74, 6) is 0.497. The third kappa shape index (κ3) is 4.19. The Morgan fingerprint density at radius 2 is 1.62 bits per heavy atom. The molecule has 0 aromatic rings. The minimum Gasteiger partial charge on any atom is -0.377 e. The summed E-state index contributed by atoms with van der Waals surface area (Å²) >= 11 is 0. The lowest BCUT2D eigenvalue weighted by molar-refractivity contribution is 0.119. The first kappa shape index (κ1) is 13.1. The lowest BCUT2D eigenvalue weighted by Crippen LogP contribution is -2.45. The Morgan fingerprint density at radius 3 is 1.92 bits per heavy atom. The Bertz CT molecular complexity index is 122. The van der Waals surface area contributed by atoms with Crippen molar-refractivity contribution in [2.24, 2.45) is 5.92 Å². The Morgan fingerprint density at radius 1 is 1.15 bits per heavy atom. The van der Waals surface area contributed by atoms with E-state index in [4.69, 9.17) is 13.3 Å². The van der Waals surface area contributed by atoms with Crippen molar-refractivity contribution in [1.82, 2.24) is 5.32 Å². The molecule has 0 aromatic heterocycles. The second-order valence-corrected chi connectivity index (χ2v) is 6.16. The van der Waals surface area contributed by atoms with Gasteiger partial charge in [0, 0.05) is 27.4 Å². The van der Waals surface area contributed by atoms with Crippen molar-refractivity contribution in [1.29, 1.82) is 0 Å². The van der Waals surface area contributed by atoms with E-state index in [2.05, 4.69) is 12.2 Å². The monoisotopic (exact) mass is 207 g/mol. The molecule has 0 rings (SSSR count). The SMILES string of the molecule is CNCC(C)C[Si](OC)(OC)OC. The van der Waals surface area contributed by atoms with Crippen LogP contribution in [0.5, 0.6) is 0 Å². The fourth-order valence-electron chi connectivity index (χ4n) is 1.35. The largest absolute Gasteiger partial charge is 0.500 e. The van der Waals surface area contributed by atoms with Crippen LogP contribution in [0.4, 0.5) is 0 Å². The second kappa shape index (κ2) is 6.50. The average molecular weight is 207 g/mol. The van der Waals surface area contributed by atoms with E-state index >= 15 is 0 Å². The Balaban J connectivity index is 4.07. The minimum absolute atomic E-state index is 0.497. The van der Waals surface area contributed by atoms with Gasteiger partial charge in [0.1, 0.15) is 0 Å². The quantitative estimate of drug-likeness (QED) is 0.625. The Hall–Kier alpha value is 0.0569. The van der Waals surface area contributed by atoms with Gasteiger partial charge in [0.05, 0.1) is 0 Å². The summed E-state index contributed by atoms with van der Waals surface area (Å²) < 4.78 is 16.0. The molecule has 4 nitrogen and oxygen atoms in total. The van der Waals surface area contributed by atoms with Crippen LogP contribution in [0.25, 0.3) is 0 Å². The molecule has 0 bridgehead atoms. The van der Waals surface area contributed by atoms with Gasteiger partial charge < -0.3 is 18.6 Å². The van der Waals surface area contributed by atoms with Gasteiger partial charge in [0.2, 0.25) is 0 Å². The van der Waals surface area contributed by atoms with Gasteiger partial charge in [0.25, 0.3) is 0 Å². The summed E-state index contributed by atoms with van der Waals surface area (Å²) in [7, 11) is 4.51. The normalized spacial score (nSPS) is 14.5. The van der Waals surface area contributed by atoms with Crippen LogP contribution in [0.15, 0.2) is 0 Å². The molecule has 1 atom stereocenters. The van der Waals surface area contributed by atoms with Crippen molar-refractivity contribution in [3.05, 3.63) is 0 Å². The summed E-state index contributed by atoms with van der Waals surface area (Å²) in [6.45, 7) is 3.10. The van der Waals surface area contributed by atoms with Crippen molar-refractivity contribution in [3.8, 4) is 0 Å². The van der Waals surface area contributed by atoms with Crippen LogP contribution in [0.1, 0.15) is 6.92 Å². The molecule has 0 fully saturated rings. The van der Waals surface area contributed by atoms with Crippen molar-refractivity contribution in [2.45, 2.75) is 13.0 Å². The molecule has 0 radical (unpaired) electrons. The van der Waals surface area contributed by atoms with Gasteiger partial charge in [-0.2, -0.15) is 0 Å². The topological polar surface area (TPSA) is 39.7 Å².